The molecule has 142 valence electrons. The van der Waals surface area contributed by atoms with Crippen LogP contribution >= 0.6 is 0 Å². The van der Waals surface area contributed by atoms with Crippen LogP contribution < -0.4 is 20.1 Å². The molecule has 0 aromatic heterocycles. The van der Waals surface area contributed by atoms with Crippen molar-refractivity contribution in [3.63, 3.8) is 0 Å². The second kappa shape index (κ2) is 8.40. The van der Waals surface area contributed by atoms with Gasteiger partial charge in [-0.2, -0.15) is 0 Å². The van der Waals surface area contributed by atoms with Crippen molar-refractivity contribution in [2.24, 2.45) is 0 Å². The molecule has 0 bridgehead atoms. The number of hydrogen-bond acceptors (Lipinski definition) is 5. The second-order valence-electron chi connectivity index (χ2n) is 7.03. The zero-order chi connectivity index (χ0) is 18.5. The van der Waals surface area contributed by atoms with Gasteiger partial charge in [0, 0.05) is 12.1 Å². The Bertz CT molecular complexity index is 662. The summed E-state index contributed by atoms with van der Waals surface area (Å²) in [6, 6.07) is 6.26. The highest BCUT2D eigenvalue weighted by Gasteiger charge is 2.28. The Morgan fingerprint density at radius 1 is 1.19 bits per heavy atom. The maximum Gasteiger partial charge on any atom is 0.239 e. The number of hydrogen-bond donors (Lipinski definition) is 2. The minimum atomic E-state index is -0.168. The number of amides is 2. The summed E-state index contributed by atoms with van der Waals surface area (Å²) in [5.74, 6) is 1.25. The fraction of sp³-hybridized carbons (Fsp3) is 0.579. The van der Waals surface area contributed by atoms with Gasteiger partial charge in [-0.3, -0.25) is 14.5 Å². The van der Waals surface area contributed by atoms with Gasteiger partial charge < -0.3 is 20.1 Å². The maximum absolute atomic E-state index is 12.2. The number of nitrogens with one attached hydrogen (secondary N) is 2. The molecule has 7 heteroatoms. The lowest BCUT2D eigenvalue weighted by molar-refractivity contribution is -0.127. The summed E-state index contributed by atoms with van der Waals surface area (Å²) < 4.78 is 11.2. The molecule has 3 rings (SSSR count). The standard InChI is InChI=1S/C19H27N3O4/c1-13(2)21-18(23)11-20-19(24)12-22-7-3-4-15(22)14-5-6-16-17(10-14)26-9-8-25-16/h5-6,10,13,15H,3-4,7-9,11-12H2,1-2H3,(H,20,24)(H,21,23)/t15-/m0/s1. The molecule has 2 amide bonds. The van der Waals surface area contributed by atoms with Gasteiger partial charge in [0.25, 0.3) is 0 Å². The van der Waals surface area contributed by atoms with Crippen LogP contribution in [0.4, 0.5) is 0 Å². The maximum atomic E-state index is 12.2. The van der Waals surface area contributed by atoms with E-state index in [1.807, 2.05) is 32.0 Å². The van der Waals surface area contributed by atoms with Crippen LogP contribution in [0.5, 0.6) is 11.5 Å². The first-order valence-corrected chi connectivity index (χ1v) is 9.22. The SMILES string of the molecule is CC(C)NC(=O)CNC(=O)CN1CCC[C@H]1c1ccc2c(c1)OCCO2. The van der Waals surface area contributed by atoms with E-state index in [0.29, 0.717) is 13.2 Å². The van der Waals surface area contributed by atoms with E-state index in [1.54, 1.807) is 0 Å². The van der Waals surface area contributed by atoms with Crippen molar-refractivity contribution in [3.05, 3.63) is 23.8 Å². The average molecular weight is 361 g/mol. The molecule has 1 fully saturated rings. The third-order valence-corrected chi connectivity index (χ3v) is 4.56. The van der Waals surface area contributed by atoms with Crippen LogP contribution in [-0.2, 0) is 9.59 Å². The summed E-state index contributed by atoms with van der Waals surface area (Å²) in [6.07, 6.45) is 2.04. The van der Waals surface area contributed by atoms with Crippen LogP contribution in [0.1, 0.15) is 38.3 Å². The molecule has 7 nitrogen and oxygen atoms in total. The Morgan fingerprint density at radius 3 is 2.73 bits per heavy atom. The zero-order valence-corrected chi connectivity index (χ0v) is 15.4. The van der Waals surface area contributed by atoms with E-state index >= 15 is 0 Å². The van der Waals surface area contributed by atoms with Crippen molar-refractivity contribution in [3.8, 4) is 11.5 Å². The number of likely N-dealkylation sites (tertiary alicyclic amines) is 1. The van der Waals surface area contributed by atoms with Crippen molar-refractivity contribution in [2.45, 2.75) is 38.8 Å². The van der Waals surface area contributed by atoms with Gasteiger partial charge in [-0.25, -0.2) is 0 Å². The predicted octanol–water partition coefficient (Wildman–Crippen LogP) is 1.24. The van der Waals surface area contributed by atoms with Crippen molar-refractivity contribution in [1.29, 1.82) is 0 Å². The molecule has 0 aliphatic carbocycles. The molecule has 0 spiro atoms. The van der Waals surface area contributed by atoms with Crippen molar-refractivity contribution >= 4 is 11.8 Å². The highest BCUT2D eigenvalue weighted by atomic mass is 16.6. The number of rotatable bonds is 6. The number of benzene rings is 1. The first kappa shape index (κ1) is 18.5. The van der Waals surface area contributed by atoms with E-state index in [2.05, 4.69) is 15.5 Å². The predicted molar refractivity (Wildman–Crippen MR) is 97.3 cm³/mol. The average Bonchev–Trinajstić information content (AvgIpc) is 3.07. The fourth-order valence-corrected chi connectivity index (χ4v) is 3.45. The summed E-state index contributed by atoms with van der Waals surface area (Å²) in [5.41, 5.74) is 1.14. The van der Waals surface area contributed by atoms with E-state index in [4.69, 9.17) is 9.47 Å². The number of carbonyl (C=O) groups is 2. The van der Waals surface area contributed by atoms with Crippen molar-refractivity contribution in [2.75, 3.05) is 32.8 Å². The van der Waals surface area contributed by atoms with Gasteiger partial charge in [0.1, 0.15) is 13.2 Å². The van der Waals surface area contributed by atoms with Crippen LogP contribution in [0, 0.1) is 0 Å². The van der Waals surface area contributed by atoms with Crippen LogP contribution in [0.15, 0.2) is 18.2 Å². The minimum absolute atomic E-state index is 0.0134. The Morgan fingerprint density at radius 2 is 1.96 bits per heavy atom. The van der Waals surface area contributed by atoms with E-state index in [-0.39, 0.29) is 37.0 Å². The van der Waals surface area contributed by atoms with E-state index in [1.165, 1.54) is 0 Å². The Labute approximate surface area is 154 Å². The van der Waals surface area contributed by atoms with Gasteiger partial charge in [0.15, 0.2) is 11.5 Å². The number of carbonyl (C=O) groups excluding carboxylic acids is 2. The highest BCUT2D eigenvalue weighted by Crippen LogP contribution is 2.37. The number of ether oxygens (including phenoxy) is 2. The molecule has 0 saturated carbocycles. The van der Waals surface area contributed by atoms with Crippen LogP contribution in [0.25, 0.3) is 0 Å². The van der Waals surface area contributed by atoms with E-state index in [9.17, 15) is 9.59 Å². The Hall–Kier alpha value is -2.28. The molecule has 2 aliphatic rings. The number of fused-ring (bicyclic) bond motifs is 1. The lowest BCUT2D eigenvalue weighted by Gasteiger charge is -2.26. The minimum Gasteiger partial charge on any atom is -0.486 e. The van der Waals surface area contributed by atoms with Gasteiger partial charge in [0.05, 0.1) is 13.1 Å². The van der Waals surface area contributed by atoms with Crippen molar-refractivity contribution < 1.29 is 19.1 Å². The van der Waals surface area contributed by atoms with Gasteiger partial charge in [0.2, 0.25) is 11.8 Å². The second-order valence-corrected chi connectivity index (χ2v) is 7.03. The molecular formula is C19H27N3O4. The molecule has 1 saturated heterocycles. The smallest absolute Gasteiger partial charge is 0.239 e. The molecule has 26 heavy (non-hydrogen) atoms. The highest BCUT2D eigenvalue weighted by molar-refractivity contribution is 5.85. The van der Waals surface area contributed by atoms with Crippen LogP contribution in [-0.4, -0.2) is 55.6 Å². The molecule has 1 aromatic carbocycles. The van der Waals surface area contributed by atoms with Gasteiger partial charge in [-0.15, -0.1) is 0 Å². The topological polar surface area (TPSA) is 79.9 Å². The summed E-state index contributed by atoms with van der Waals surface area (Å²) in [6.45, 7) is 6.08. The third kappa shape index (κ3) is 4.66. The van der Waals surface area contributed by atoms with Gasteiger partial charge >= 0.3 is 0 Å². The lowest BCUT2D eigenvalue weighted by atomic mass is 10.0. The molecule has 0 unspecified atom stereocenters. The number of nitrogens with zero attached hydrogens (tertiary/aromatic N) is 1. The third-order valence-electron chi connectivity index (χ3n) is 4.56. The Balaban J connectivity index is 1.56. The van der Waals surface area contributed by atoms with E-state index < -0.39 is 0 Å². The van der Waals surface area contributed by atoms with Crippen molar-refractivity contribution in [1.82, 2.24) is 15.5 Å². The first-order chi connectivity index (χ1) is 12.5. The molecule has 2 heterocycles. The summed E-state index contributed by atoms with van der Waals surface area (Å²) in [4.78, 5) is 26.0. The molecular weight excluding hydrogens is 334 g/mol. The molecule has 1 atom stereocenters. The largest absolute Gasteiger partial charge is 0.486 e. The Kier molecular flexibility index (Phi) is 5.98. The van der Waals surface area contributed by atoms with Gasteiger partial charge in [-0.1, -0.05) is 6.07 Å². The van der Waals surface area contributed by atoms with Crippen LogP contribution in [0.3, 0.4) is 0 Å². The normalized spacial score (nSPS) is 19.4. The quantitative estimate of drug-likeness (QED) is 0.797. The van der Waals surface area contributed by atoms with Crippen LogP contribution in [0.2, 0.25) is 0 Å². The summed E-state index contributed by atoms with van der Waals surface area (Å²) in [7, 11) is 0. The molecule has 0 radical (unpaired) electrons. The molecule has 1 aromatic rings. The zero-order valence-electron chi connectivity index (χ0n) is 15.4. The lowest BCUT2D eigenvalue weighted by Crippen LogP contribution is -2.43. The van der Waals surface area contributed by atoms with Gasteiger partial charge in [-0.05, 0) is 50.9 Å². The fourth-order valence-electron chi connectivity index (χ4n) is 3.45. The van der Waals surface area contributed by atoms with E-state index in [0.717, 1.165) is 36.4 Å². The first-order valence-electron chi connectivity index (χ1n) is 9.22. The summed E-state index contributed by atoms with van der Waals surface area (Å²) in [5, 5.41) is 5.46. The summed E-state index contributed by atoms with van der Waals surface area (Å²) >= 11 is 0. The molecule has 2 aliphatic heterocycles. The molecule has 2 N–H and O–H groups in total. The monoisotopic (exact) mass is 361 g/mol.